The van der Waals surface area contributed by atoms with Gasteiger partial charge in [0, 0.05) is 23.3 Å². The van der Waals surface area contributed by atoms with E-state index in [-0.39, 0.29) is 5.69 Å². The van der Waals surface area contributed by atoms with E-state index < -0.39 is 0 Å². The molecule has 0 amide bonds. The maximum atomic E-state index is 11.8. The number of fused-ring (bicyclic) bond motifs is 1. The molecule has 1 aromatic carbocycles. The number of benzene rings is 1. The first-order valence-corrected chi connectivity index (χ1v) is 6.56. The van der Waals surface area contributed by atoms with Crippen LogP contribution in [0.15, 0.2) is 47.5 Å². The Bertz CT molecular complexity index is 856. The van der Waals surface area contributed by atoms with Crippen LogP contribution in [0.25, 0.3) is 10.9 Å². The summed E-state index contributed by atoms with van der Waals surface area (Å²) in [5, 5.41) is 1.00. The van der Waals surface area contributed by atoms with E-state index in [0.717, 1.165) is 22.0 Å². The second kappa shape index (κ2) is 5.34. The van der Waals surface area contributed by atoms with Crippen molar-refractivity contribution in [3.05, 3.63) is 64.3 Å². The third kappa shape index (κ3) is 2.61. The van der Waals surface area contributed by atoms with Gasteiger partial charge >= 0.3 is 5.69 Å². The Balaban J connectivity index is 2.10. The molecule has 2 heterocycles. The fraction of sp³-hybridized carbons (Fsp3) is 0.133. The lowest BCUT2D eigenvalue weighted by atomic mass is 10.1. The number of para-hydroxylation sites is 1. The molecule has 0 aliphatic rings. The van der Waals surface area contributed by atoms with E-state index in [0.29, 0.717) is 12.4 Å². The molecule has 0 fully saturated rings. The van der Waals surface area contributed by atoms with Gasteiger partial charge in [0.25, 0.3) is 0 Å². The molecule has 6 nitrogen and oxygen atoms in total. The molecule has 2 aromatic heterocycles. The largest absolute Gasteiger partial charge is 0.347 e. The van der Waals surface area contributed by atoms with Gasteiger partial charge in [-0.05, 0) is 24.6 Å². The minimum Gasteiger partial charge on any atom is -0.308 e. The van der Waals surface area contributed by atoms with Gasteiger partial charge in [-0.2, -0.15) is 0 Å². The van der Waals surface area contributed by atoms with Gasteiger partial charge in [-0.1, -0.05) is 18.2 Å². The molecule has 3 N–H and O–H groups in total. The Morgan fingerprint density at radius 1 is 1.33 bits per heavy atom. The van der Waals surface area contributed by atoms with Crippen LogP contribution in [-0.4, -0.2) is 14.5 Å². The smallest absolute Gasteiger partial charge is 0.308 e. The SMILES string of the molecule is Cc1cnc(=O)n(Cc2cc3ccccc3nc2NN)c1. The van der Waals surface area contributed by atoms with Crippen molar-refractivity contribution in [2.45, 2.75) is 13.5 Å². The minimum absolute atomic E-state index is 0.295. The molecule has 0 unspecified atom stereocenters. The molecule has 0 saturated carbocycles. The number of nitrogens with two attached hydrogens (primary N) is 1. The summed E-state index contributed by atoms with van der Waals surface area (Å²) in [6.07, 6.45) is 3.32. The zero-order chi connectivity index (χ0) is 14.8. The van der Waals surface area contributed by atoms with Crippen molar-refractivity contribution in [3.8, 4) is 0 Å². The molecule has 0 spiro atoms. The lowest BCUT2D eigenvalue weighted by Gasteiger charge is -2.11. The van der Waals surface area contributed by atoms with Crippen LogP contribution in [0.1, 0.15) is 11.1 Å². The molecule has 21 heavy (non-hydrogen) atoms. The summed E-state index contributed by atoms with van der Waals surface area (Å²) >= 11 is 0. The molecule has 0 atom stereocenters. The Kier molecular flexibility index (Phi) is 3.37. The van der Waals surface area contributed by atoms with E-state index >= 15 is 0 Å². The zero-order valence-corrected chi connectivity index (χ0v) is 11.6. The third-order valence-electron chi connectivity index (χ3n) is 3.26. The maximum Gasteiger partial charge on any atom is 0.347 e. The number of hydrogen-bond acceptors (Lipinski definition) is 5. The second-order valence-corrected chi connectivity index (χ2v) is 4.87. The summed E-state index contributed by atoms with van der Waals surface area (Å²) in [5.41, 5.74) is 4.91. The van der Waals surface area contributed by atoms with Gasteiger partial charge in [-0.25, -0.2) is 20.6 Å². The van der Waals surface area contributed by atoms with Crippen LogP contribution < -0.4 is 17.0 Å². The normalized spacial score (nSPS) is 10.8. The van der Waals surface area contributed by atoms with Gasteiger partial charge in [0.2, 0.25) is 0 Å². The van der Waals surface area contributed by atoms with E-state index in [1.165, 1.54) is 0 Å². The van der Waals surface area contributed by atoms with E-state index in [2.05, 4.69) is 15.4 Å². The van der Waals surface area contributed by atoms with Crippen LogP contribution in [-0.2, 0) is 6.54 Å². The molecule has 0 aliphatic heterocycles. The van der Waals surface area contributed by atoms with E-state index in [4.69, 9.17) is 5.84 Å². The summed E-state index contributed by atoms with van der Waals surface area (Å²) < 4.78 is 1.54. The highest BCUT2D eigenvalue weighted by Gasteiger charge is 2.08. The first-order chi connectivity index (χ1) is 10.2. The highest BCUT2D eigenvalue weighted by atomic mass is 16.1. The Labute approximate surface area is 121 Å². The van der Waals surface area contributed by atoms with Gasteiger partial charge in [0.1, 0.15) is 5.82 Å². The van der Waals surface area contributed by atoms with Crippen molar-refractivity contribution < 1.29 is 0 Å². The first kappa shape index (κ1) is 13.3. The van der Waals surface area contributed by atoms with E-state index in [1.807, 2.05) is 37.3 Å². The van der Waals surface area contributed by atoms with Crippen LogP contribution in [0.2, 0.25) is 0 Å². The van der Waals surface area contributed by atoms with Gasteiger partial charge in [-0.15, -0.1) is 0 Å². The number of nitrogens with zero attached hydrogens (tertiary/aromatic N) is 3. The molecule has 3 rings (SSSR count). The number of hydrogen-bond donors (Lipinski definition) is 2. The summed E-state index contributed by atoms with van der Waals surface area (Å²) in [7, 11) is 0. The number of anilines is 1. The molecule has 0 bridgehead atoms. The molecule has 3 aromatic rings. The average molecular weight is 281 g/mol. The molecule has 0 saturated heterocycles. The number of hydrazine groups is 1. The van der Waals surface area contributed by atoms with Crippen LogP contribution in [0.4, 0.5) is 5.82 Å². The molecule has 0 radical (unpaired) electrons. The van der Waals surface area contributed by atoms with Gasteiger partial charge in [0.05, 0.1) is 12.1 Å². The van der Waals surface area contributed by atoms with E-state index in [1.54, 1.807) is 17.0 Å². The summed E-state index contributed by atoms with van der Waals surface area (Å²) in [4.78, 5) is 20.1. The molecule has 106 valence electrons. The second-order valence-electron chi connectivity index (χ2n) is 4.87. The number of pyridine rings is 1. The maximum absolute atomic E-state index is 11.8. The molecule has 0 aliphatic carbocycles. The number of aryl methyl sites for hydroxylation is 1. The predicted octanol–water partition coefficient (Wildman–Crippen LogP) is 1.43. The molecular formula is C15H15N5O. The molecular weight excluding hydrogens is 266 g/mol. The van der Waals surface area contributed by atoms with Gasteiger partial charge in [-0.3, -0.25) is 4.57 Å². The Morgan fingerprint density at radius 3 is 2.95 bits per heavy atom. The van der Waals surface area contributed by atoms with Crippen molar-refractivity contribution in [2.24, 2.45) is 5.84 Å². The van der Waals surface area contributed by atoms with Crippen molar-refractivity contribution >= 4 is 16.7 Å². The molecule has 6 heteroatoms. The summed E-state index contributed by atoms with van der Waals surface area (Å²) in [5.74, 6) is 6.11. The van der Waals surface area contributed by atoms with Crippen LogP contribution in [0.3, 0.4) is 0 Å². The Morgan fingerprint density at radius 2 is 2.14 bits per heavy atom. The highest BCUT2D eigenvalue weighted by Crippen LogP contribution is 2.20. The Hall–Kier alpha value is -2.73. The van der Waals surface area contributed by atoms with Crippen LogP contribution >= 0.6 is 0 Å². The number of nitrogen functional groups attached to an aromatic ring is 1. The van der Waals surface area contributed by atoms with Crippen molar-refractivity contribution in [1.82, 2.24) is 14.5 Å². The summed E-state index contributed by atoms with van der Waals surface area (Å²) in [6, 6.07) is 9.74. The lowest BCUT2D eigenvalue weighted by molar-refractivity contribution is 0.720. The average Bonchev–Trinajstić information content (AvgIpc) is 2.50. The quantitative estimate of drug-likeness (QED) is 0.560. The first-order valence-electron chi connectivity index (χ1n) is 6.56. The van der Waals surface area contributed by atoms with Gasteiger partial charge in [0.15, 0.2) is 0 Å². The minimum atomic E-state index is -0.295. The van der Waals surface area contributed by atoms with E-state index in [9.17, 15) is 4.79 Å². The topological polar surface area (TPSA) is 85.8 Å². The fourth-order valence-electron chi connectivity index (χ4n) is 2.27. The number of rotatable bonds is 3. The lowest BCUT2D eigenvalue weighted by Crippen LogP contribution is -2.24. The van der Waals surface area contributed by atoms with Crippen molar-refractivity contribution in [2.75, 3.05) is 5.43 Å². The number of aromatic nitrogens is 3. The number of nitrogens with one attached hydrogen (secondary N) is 1. The predicted molar refractivity (Wildman–Crippen MR) is 81.9 cm³/mol. The van der Waals surface area contributed by atoms with Crippen molar-refractivity contribution in [3.63, 3.8) is 0 Å². The summed E-state index contributed by atoms with van der Waals surface area (Å²) in [6.45, 7) is 2.26. The van der Waals surface area contributed by atoms with Crippen molar-refractivity contribution in [1.29, 1.82) is 0 Å². The zero-order valence-electron chi connectivity index (χ0n) is 11.6. The van der Waals surface area contributed by atoms with Crippen LogP contribution in [0, 0.1) is 6.92 Å². The monoisotopic (exact) mass is 281 g/mol. The standard InChI is InChI=1S/C15H15N5O/c1-10-7-17-15(21)20(8-10)9-12-6-11-4-2-3-5-13(11)18-14(12)19-16/h2-8H,9,16H2,1H3,(H,18,19). The van der Waals surface area contributed by atoms with Gasteiger partial charge < -0.3 is 5.43 Å². The van der Waals surface area contributed by atoms with Crippen LogP contribution in [0.5, 0.6) is 0 Å². The fourth-order valence-corrected chi connectivity index (χ4v) is 2.27. The highest BCUT2D eigenvalue weighted by molar-refractivity contribution is 5.81. The third-order valence-corrected chi connectivity index (χ3v) is 3.26.